The van der Waals surface area contributed by atoms with Crippen molar-refractivity contribution < 1.29 is 0 Å². The van der Waals surface area contributed by atoms with Gasteiger partial charge in [-0.25, -0.2) is 4.99 Å². The summed E-state index contributed by atoms with van der Waals surface area (Å²) in [7, 11) is 0. The summed E-state index contributed by atoms with van der Waals surface area (Å²) < 4.78 is 0. The van der Waals surface area contributed by atoms with E-state index in [0.717, 1.165) is 11.3 Å². The van der Waals surface area contributed by atoms with E-state index in [-0.39, 0.29) is 12.4 Å². The Labute approximate surface area is 120 Å². The Morgan fingerprint density at radius 2 is 1.58 bits per heavy atom. The van der Waals surface area contributed by atoms with E-state index >= 15 is 0 Å². The van der Waals surface area contributed by atoms with Gasteiger partial charge in [0.1, 0.15) is 5.84 Å². The first-order chi connectivity index (χ1) is 8.58. The van der Waals surface area contributed by atoms with E-state index in [1.54, 1.807) is 0 Å². The van der Waals surface area contributed by atoms with Gasteiger partial charge >= 0.3 is 0 Å². The van der Waals surface area contributed by atoms with Gasteiger partial charge in [0.05, 0.1) is 5.69 Å². The molecule has 2 aromatic rings. The van der Waals surface area contributed by atoms with E-state index in [4.69, 9.17) is 5.73 Å². The molecule has 2 aromatic carbocycles. The standard InChI is InChI=1S/C16H18N2.ClH/c1-11-7-9-14(10-8-11)16(17)18-15-6-4-5-12(2)13(15)3;/h4-10H,1-3H3,(H2,17,18);1H. The summed E-state index contributed by atoms with van der Waals surface area (Å²) in [6, 6.07) is 14.2. The minimum atomic E-state index is 0. The van der Waals surface area contributed by atoms with Crippen LogP contribution >= 0.6 is 12.4 Å². The van der Waals surface area contributed by atoms with Gasteiger partial charge in [-0.3, -0.25) is 0 Å². The van der Waals surface area contributed by atoms with Crippen LogP contribution in [0.2, 0.25) is 0 Å². The third kappa shape index (κ3) is 3.58. The Bertz CT molecular complexity index is 586. The molecule has 0 saturated heterocycles. The van der Waals surface area contributed by atoms with Crippen molar-refractivity contribution in [1.29, 1.82) is 0 Å². The predicted octanol–water partition coefficient (Wildman–Crippen LogP) is 4.07. The van der Waals surface area contributed by atoms with Crippen LogP contribution in [0.1, 0.15) is 22.3 Å². The number of halogens is 1. The van der Waals surface area contributed by atoms with E-state index in [9.17, 15) is 0 Å². The zero-order valence-corrected chi connectivity index (χ0v) is 12.3. The highest BCUT2D eigenvalue weighted by Gasteiger charge is 2.02. The van der Waals surface area contributed by atoms with Crippen molar-refractivity contribution in [2.24, 2.45) is 10.7 Å². The lowest BCUT2D eigenvalue weighted by Crippen LogP contribution is -2.12. The molecule has 2 nitrogen and oxygen atoms in total. The highest BCUT2D eigenvalue weighted by Crippen LogP contribution is 2.21. The molecule has 0 saturated carbocycles. The fourth-order valence-corrected chi connectivity index (χ4v) is 1.78. The first kappa shape index (κ1) is 15.3. The third-order valence-corrected chi connectivity index (χ3v) is 3.16. The number of aryl methyl sites for hydroxylation is 2. The zero-order valence-electron chi connectivity index (χ0n) is 11.5. The number of hydrogen-bond donors (Lipinski definition) is 1. The van der Waals surface area contributed by atoms with Gasteiger partial charge in [-0.1, -0.05) is 42.0 Å². The van der Waals surface area contributed by atoms with Crippen LogP contribution in [-0.4, -0.2) is 5.84 Å². The monoisotopic (exact) mass is 274 g/mol. The van der Waals surface area contributed by atoms with Crippen molar-refractivity contribution in [3.8, 4) is 0 Å². The molecule has 19 heavy (non-hydrogen) atoms. The van der Waals surface area contributed by atoms with E-state index in [2.05, 4.69) is 31.8 Å². The summed E-state index contributed by atoms with van der Waals surface area (Å²) in [5.41, 5.74) is 11.6. The minimum Gasteiger partial charge on any atom is -0.383 e. The topological polar surface area (TPSA) is 38.4 Å². The first-order valence-electron chi connectivity index (χ1n) is 6.05. The molecule has 0 spiro atoms. The second kappa shape index (κ2) is 6.39. The molecule has 0 unspecified atom stereocenters. The Hall–Kier alpha value is -1.80. The summed E-state index contributed by atoms with van der Waals surface area (Å²) in [6.07, 6.45) is 0. The second-order valence-corrected chi connectivity index (χ2v) is 4.58. The number of nitrogens with zero attached hydrogens (tertiary/aromatic N) is 1. The molecule has 0 aliphatic heterocycles. The summed E-state index contributed by atoms with van der Waals surface area (Å²) in [4.78, 5) is 4.51. The lowest BCUT2D eigenvalue weighted by atomic mass is 10.1. The summed E-state index contributed by atoms with van der Waals surface area (Å²) in [5.74, 6) is 0.559. The Morgan fingerprint density at radius 3 is 2.21 bits per heavy atom. The van der Waals surface area contributed by atoms with Gasteiger partial charge in [-0.2, -0.15) is 0 Å². The Kier molecular flexibility index (Phi) is 5.13. The van der Waals surface area contributed by atoms with Crippen molar-refractivity contribution in [3.63, 3.8) is 0 Å². The number of hydrogen-bond acceptors (Lipinski definition) is 1. The van der Waals surface area contributed by atoms with Crippen molar-refractivity contribution in [2.45, 2.75) is 20.8 Å². The van der Waals surface area contributed by atoms with Gasteiger partial charge in [0.2, 0.25) is 0 Å². The summed E-state index contributed by atoms with van der Waals surface area (Å²) >= 11 is 0. The lowest BCUT2D eigenvalue weighted by Gasteiger charge is -2.06. The number of nitrogens with two attached hydrogens (primary N) is 1. The highest BCUT2D eigenvalue weighted by molar-refractivity contribution is 5.99. The van der Waals surface area contributed by atoms with Crippen LogP contribution < -0.4 is 5.73 Å². The van der Waals surface area contributed by atoms with E-state index in [0.29, 0.717) is 5.84 Å². The van der Waals surface area contributed by atoms with Gasteiger partial charge in [0.15, 0.2) is 0 Å². The Balaban J connectivity index is 0.00000180. The smallest absolute Gasteiger partial charge is 0.131 e. The van der Waals surface area contributed by atoms with E-state index in [1.807, 2.05) is 36.4 Å². The molecule has 0 atom stereocenters. The fourth-order valence-electron chi connectivity index (χ4n) is 1.78. The molecule has 0 radical (unpaired) electrons. The largest absolute Gasteiger partial charge is 0.383 e. The molecule has 0 amide bonds. The Morgan fingerprint density at radius 1 is 0.947 bits per heavy atom. The van der Waals surface area contributed by atoms with Crippen LogP contribution in [-0.2, 0) is 0 Å². The third-order valence-electron chi connectivity index (χ3n) is 3.16. The van der Waals surface area contributed by atoms with Crippen molar-refractivity contribution in [1.82, 2.24) is 0 Å². The van der Waals surface area contributed by atoms with Crippen LogP contribution in [0.25, 0.3) is 0 Å². The molecule has 0 fully saturated rings. The molecule has 0 heterocycles. The maximum Gasteiger partial charge on any atom is 0.131 e. The molecule has 0 aliphatic rings. The van der Waals surface area contributed by atoms with E-state index in [1.165, 1.54) is 16.7 Å². The first-order valence-corrected chi connectivity index (χ1v) is 6.05. The summed E-state index contributed by atoms with van der Waals surface area (Å²) in [6.45, 7) is 6.20. The quantitative estimate of drug-likeness (QED) is 0.651. The van der Waals surface area contributed by atoms with Gasteiger partial charge in [-0.05, 0) is 38.0 Å². The maximum atomic E-state index is 6.05. The van der Waals surface area contributed by atoms with Crippen LogP contribution in [0.4, 0.5) is 5.69 Å². The lowest BCUT2D eigenvalue weighted by molar-refractivity contribution is 1.30. The highest BCUT2D eigenvalue weighted by atomic mass is 35.5. The number of benzene rings is 2. The molecule has 3 heteroatoms. The van der Waals surface area contributed by atoms with Gasteiger partial charge < -0.3 is 5.73 Å². The van der Waals surface area contributed by atoms with Gasteiger partial charge in [0.25, 0.3) is 0 Å². The van der Waals surface area contributed by atoms with E-state index < -0.39 is 0 Å². The average Bonchev–Trinajstić information content (AvgIpc) is 2.36. The molecule has 0 bridgehead atoms. The molecular weight excluding hydrogens is 256 g/mol. The molecule has 0 aromatic heterocycles. The van der Waals surface area contributed by atoms with Crippen molar-refractivity contribution >= 4 is 23.9 Å². The van der Waals surface area contributed by atoms with Crippen LogP contribution in [0.5, 0.6) is 0 Å². The number of rotatable bonds is 2. The maximum absolute atomic E-state index is 6.05. The molecular formula is C16H19ClN2. The molecule has 2 N–H and O–H groups in total. The minimum absolute atomic E-state index is 0. The SMILES string of the molecule is Cc1ccc(C(N)=Nc2cccc(C)c2C)cc1.Cl. The van der Waals surface area contributed by atoms with Crippen molar-refractivity contribution in [3.05, 3.63) is 64.7 Å². The average molecular weight is 275 g/mol. The molecule has 0 aliphatic carbocycles. The van der Waals surface area contributed by atoms with Gasteiger partial charge in [-0.15, -0.1) is 12.4 Å². The van der Waals surface area contributed by atoms with Crippen molar-refractivity contribution in [2.75, 3.05) is 0 Å². The normalized spacial score (nSPS) is 11.0. The van der Waals surface area contributed by atoms with Crippen LogP contribution in [0.3, 0.4) is 0 Å². The molecule has 100 valence electrons. The van der Waals surface area contributed by atoms with Crippen LogP contribution in [0.15, 0.2) is 47.5 Å². The zero-order chi connectivity index (χ0) is 13.1. The number of amidine groups is 1. The number of aliphatic imine (C=N–C) groups is 1. The van der Waals surface area contributed by atoms with Crippen LogP contribution in [0, 0.1) is 20.8 Å². The van der Waals surface area contributed by atoms with Gasteiger partial charge in [0, 0.05) is 5.56 Å². The predicted molar refractivity (Wildman–Crippen MR) is 84.7 cm³/mol. The second-order valence-electron chi connectivity index (χ2n) is 4.58. The molecule has 2 rings (SSSR count). The fraction of sp³-hybridized carbons (Fsp3) is 0.188. The summed E-state index contributed by atoms with van der Waals surface area (Å²) in [5, 5.41) is 0.